The summed E-state index contributed by atoms with van der Waals surface area (Å²) in [6.45, 7) is 11.7. The molecule has 0 aromatic heterocycles. The Labute approximate surface area is 168 Å². The second-order valence-corrected chi connectivity index (χ2v) is 7.37. The van der Waals surface area contributed by atoms with E-state index in [0.717, 1.165) is 45.3 Å². The zero-order chi connectivity index (χ0) is 20.5. The molecule has 5 heteroatoms. The zero-order valence-corrected chi connectivity index (χ0v) is 18.5. The zero-order valence-electron chi connectivity index (χ0n) is 18.5. The highest BCUT2D eigenvalue weighted by Gasteiger charge is 2.21. The molecule has 5 nitrogen and oxygen atoms in total. The van der Waals surface area contributed by atoms with Crippen LogP contribution in [-0.4, -0.2) is 53.8 Å². The molecule has 27 heavy (non-hydrogen) atoms. The van der Waals surface area contributed by atoms with Crippen molar-refractivity contribution >= 4 is 11.8 Å². The standard InChI is InChI=1S/C11H21NO.C9H18N2O.C2H6/c1-2-3-5-8-11(13)12-9-6-4-7-10-12;1-8-4-2-3-7-11(8)9(12)5-6-10;1-2/h2-10H2,1H3;8H,2-7,10H2,1H3;1-2H3/t;8-;/m.1./s1. The minimum Gasteiger partial charge on any atom is -0.343 e. The van der Waals surface area contributed by atoms with Crippen molar-refractivity contribution in [2.45, 2.75) is 104 Å². The van der Waals surface area contributed by atoms with Gasteiger partial charge in [-0.25, -0.2) is 0 Å². The normalized spacial score (nSPS) is 19.4. The summed E-state index contributed by atoms with van der Waals surface area (Å²) in [5, 5.41) is 0. The number of carbonyl (C=O) groups excluding carboxylic acids is 2. The molecule has 2 N–H and O–H groups in total. The Morgan fingerprint density at radius 1 is 0.889 bits per heavy atom. The third-order valence-corrected chi connectivity index (χ3v) is 5.18. The van der Waals surface area contributed by atoms with E-state index in [1.54, 1.807) is 0 Å². The summed E-state index contributed by atoms with van der Waals surface area (Å²) < 4.78 is 0. The van der Waals surface area contributed by atoms with Crippen molar-refractivity contribution in [3.63, 3.8) is 0 Å². The van der Waals surface area contributed by atoms with Crippen LogP contribution in [0.3, 0.4) is 0 Å². The summed E-state index contributed by atoms with van der Waals surface area (Å²) in [5.74, 6) is 0.609. The number of amides is 2. The van der Waals surface area contributed by atoms with Crippen molar-refractivity contribution in [2.75, 3.05) is 26.2 Å². The lowest BCUT2D eigenvalue weighted by Gasteiger charge is -2.33. The first-order chi connectivity index (χ1) is 13.1. The predicted molar refractivity (Wildman–Crippen MR) is 115 cm³/mol. The summed E-state index contributed by atoms with van der Waals surface area (Å²) in [6, 6.07) is 0.429. The molecule has 0 aromatic rings. The quantitative estimate of drug-likeness (QED) is 0.694. The van der Waals surface area contributed by atoms with E-state index in [-0.39, 0.29) is 5.91 Å². The molecule has 2 saturated heterocycles. The fourth-order valence-electron chi connectivity index (χ4n) is 3.56. The molecule has 0 aromatic carbocycles. The molecule has 1 atom stereocenters. The van der Waals surface area contributed by atoms with Crippen molar-refractivity contribution in [3.8, 4) is 0 Å². The van der Waals surface area contributed by atoms with Gasteiger partial charge in [-0.15, -0.1) is 0 Å². The van der Waals surface area contributed by atoms with Crippen molar-refractivity contribution in [3.05, 3.63) is 0 Å². The van der Waals surface area contributed by atoms with E-state index in [9.17, 15) is 9.59 Å². The van der Waals surface area contributed by atoms with Gasteiger partial charge in [0.15, 0.2) is 0 Å². The maximum atomic E-state index is 11.6. The van der Waals surface area contributed by atoms with Crippen LogP contribution in [0.2, 0.25) is 0 Å². The van der Waals surface area contributed by atoms with Crippen molar-refractivity contribution < 1.29 is 9.59 Å². The first-order valence-electron chi connectivity index (χ1n) is 11.4. The topological polar surface area (TPSA) is 66.6 Å². The molecule has 0 bridgehead atoms. The minimum absolute atomic E-state index is 0.227. The summed E-state index contributed by atoms with van der Waals surface area (Å²) in [7, 11) is 0. The molecule has 2 heterocycles. The van der Waals surface area contributed by atoms with Crippen LogP contribution in [0.4, 0.5) is 0 Å². The molecular weight excluding hydrogens is 338 g/mol. The molecule has 160 valence electrons. The monoisotopic (exact) mass is 383 g/mol. The first kappa shape index (κ1) is 25.9. The molecular formula is C22H45N3O2. The number of piperidine rings is 2. The lowest BCUT2D eigenvalue weighted by Crippen LogP contribution is -2.42. The number of unbranched alkanes of at least 4 members (excludes halogenated alkanes) is 2. The van der Waals surface area contributed by atoms with Crippen LogP contribution in [0.1, 0.15) is 98.3 Å². The lowest BCUT2D eigenvalue weighted by atomic mass is 10.0. The minimum atomic E-state index is 0.227. The van der Waals surface area contributed by atoms with Gasteiger partial charge < -0.3 is 15.5 Å². The van der Waals surface area contributed by atoms with Gasteiger partial charge in [0.1, 0.15) is 0 Å². The maximum absolute atomic E-state index is 11.6. The Morgan fingerprint density at radius 3 is 2.07 bits per heavy atom. The third-order valence-electron chi connectivity index (χ3n) is 5.18. The summed E-state index contributed by atoms with van der Waals surface area (Å²) in [6.07, 6.45) is 12.0. The number of rotatable bonds is 6. The average molecular weight is 384 g/mol. The number of likely N-dealkylation sites (tertiary alicyclic amines) is 2. The molecule has 0 aliphatic carbocycles. The van der Waals surface area contributed by atoms with Crippen LogP contribution < -0.4 is 5.73 Å². The SMILES string of the molecule is CC.CCCCCC(=O)N1CCCCC1.C[C@@H]1CCCCN1C(=O)CCN. The van der Waals surface area contributed by atoms with E-state index in [4.69, 9.17) is 5.73 Å². The van der Waals surface area contributed by atoms with E-state index in [1.165, 1.54) is 38.5 Å². The van der Waals surface area contributed by atoms with Crippen molar-refractivity contribution in [1.82, 2.24) is 9.80 Å². The highest BCUT2D eigenvalue weighted by Crippen LogP contribution is 2.16. The molecule has 2 rings (SSSR count). The van der Waals surface area contributed by atoms with Gasteiger partial charge in [0, 0.05) is 45.1 Å². The molecule has 0 spiro atoms. The Hall–Kier alpha value is -1.10. The largest absolute Gasteiger partial charge is 0.343 e. The van der Waals surface area contributed by atoms with Crippen molar-refractivity contribution in [1.29, 1.82) is 0 Å². The fourth-order valence-corrected chi connectivity index (χ4v) is 3.56. The van der Waals surface area contributed by atoms with E-state index in [1.807, 2.05) is 23.6 Å². The molecule has 2 aliphatic heterocycles. The number of hydrogen-bond acceptors (Lipinski definition) is 3. The molecule has 2 aliphatic rings. The maximum Gasteiger partial charge on any atom is 0.224 e. The number of nitrogens with zero attached hydrogens (tertiary/aromatic N) is 2. The number of nitrogens with two attached hydrogens (primary N) is 1. The summed E-state index contributed by atoms with van der Waals surface area (Å²) in [5.41, 5.74) is 5.33. The van der Waals surface area contributed by atoms with E-state index >= 15 is 0 Å². The highest BCUT2D eigenvalue weighted by atomic mass is 16.2. The Morgan fingerprint density at radius 2 is 1.52 bits per heavy atom. The highest BCUT2D eigenvalue weighted by molar-refractivity contribution is 5.77. The van der Waals surface area contributed by atoms with Crippen LogP contribution in [0.15, 0.2) is 0 Å². The molecule has 0 unspecified atom stereocenters. The van der Waals surface area contributed by atoms with Crippen LogP contribution >= 0.6 is 0 Å². The van der Waals surface area contributed by atoms with E-state index in [2.05, 4.69) is 13.8 Å². The van der Waals surface area contributed by atoms with Gasteiger partial charge in [0.25, 0.3) is 0 Å². The summed E-state index contributed by atoms with van der Waals surface area (Å²) in [4.78, 5) is 27.1. The number of hydrogen-bond donors (Lipinski definition) is 1. The smallest absolute Gasteiger partial charge is 0.224 e. The average Bonchev–Trinajstić information content (AvgIpc) is 2.71. The van der Waals surface area contributed by atoms with Crippen LogP contribution in [0.5, 0.6) is 0 Å². The molecule has 2 amide bonds. The third kappa shape index (κ3) is 11.4. The van der Waals surface area contributed by atoms with E-state index < -0.39 is 0 Å². The predicted octanol–water partition coefficient (Wildman–Crippen LogP) is 4.34. The van der Waals surface area contributed by atoms with Crippen LogP contribution in [-0.2, 0) is 9.59 Å². The Balaban J connectivity index is 0.000000460. The van der Waals surface area contributed by atoms with Gasteiger partial charge in [-0.1, -0.05) is 33.6 Å². The first-order valence-corrected chi connectivity index (χ1v) is 11.4. The van der Waals surface area contributed by atoms with Crippen LogP contribution in [0.25, 0.3) is 0 Å². The Kier molecular flexibility index (Phi) is 16.3. The van der Waals surface area contributed by atoms with Gasteiger partial charge in [-0.3, -0.25) is 9.59 Å². The van der Waals surface area contributed by atoms with Gasteiger partial charge in [-0.2, -0.15) is 0 Å². The Bertz CT molecular complexity index is 382. The molecule has 0 radical (unpaired) electrons. The van der Waals surface area contributed by atoms with Gasteiger partial charge >= 0.3 is 0 Å². The van der Waals surface area contributed by atoms with Crippen molar-refractivity contribution in [2.24, 2.45) is 5.73 Å². The number of carbonyl (C=O) groups is 2. The lowest BCUT2D eigenvalue weighted by molar-refractivity contribution is -0.134. The van der Waals surface area contributed by atoms with Gasteiger partial charge in [0.2, 0.25) is 11.8 Å². The summed E-state index contributed by atoms with van der Waals surface area (Å²) >= 11 is 0. The second kappa shape index (κ2) is 17.0. The molecule has 0 saturated carbocycles. The fraction of sp³-hybridized carbons (Fsp3) is 0.909. The van der Waals surface area contributed by atoms with Crippen LogP contribution in [0, 0.1) is 0 Å². The van der Waals surface area contributed by atoms with E-state index in [0.29, 0.717) is 24.9 Å². The van der Waals surface area contributed by atoms with Gasteiger partial charge in [0.05, 0.1) is 0 Å². The molecule has 2 fully saturated rings. The second-order valence-electron chi connectivity index (χ2n) is 7.37. The van der Waals surface area contributed by atoms with Gasteiger partial charge in [-0.05, 0) is 51.9 Å².